The van der Waals surface area contributed by atoms with Gasteiger partial charge in [0.2, 0.25) is 5.91 Å². The number of piperazine rings is 1. The second-order valence-electron chi connectivity index (χ2n) is 8.15. The number of hydrogen-bond donors (Lipinski definition) is 0. The minimum atomic E-state index is 0.103. The van der Waals surface area contributed by atoms with Crippen molar-refractivity contribution in [3.8, 4) is 0 Å². The lowest BCUT2D eigenvalue weighted by atomic mass is 9.86. The van der Waals surface area contributed by atoms with Crippen molar-refractivity contribution in [3.05, 3.63) is 35.8 Å². The summed E-state index contributed by atoms with van der Waals surface area (Å²) in [5, 5.41) is 0. The van der Waals surface area contributed by atoms with E-state index in [2.05, 4.69) is 53.4 Å². The molecule has 2 aromatic heterocycles. The first-order valence-corrected chi connectivity index (χ1v) is 10.2. The number of carbonyl (C=O) groups is 1. The predicted octanol–water partition coefficient (Wildman–Crippen LogP) is 2.16. The maximum atomic E-state index is 12.4. The van der Waals surface area contributed by atoms with Crippen LogP contribution in [0.1, 0.15) is 37.6 Å². The van der Waals surface area contributed by atoms with Crippen LogP contribution in [0, 0.1) is 6.92 Å². The van der Waals surface area contributed by atoms with Crippen LogP contribution in [0.2, 0.25) is 0 Å². The average Bonchev–Trinajstić information content (AvgIpc) is 2.88. The monoisotopic (exact) mass is 369 g/mol. The van der Waals surface area contributed by atoms with Crippen LogP contribution < -0.4 is 0 Å². The number of pyridine rings is 1. The lowest BCUT2D eigenvalue weighted by Crippen LogP contribution is -2.60. The Morgan fingerprint density at radius 3 is 2.85 bits per heavy atom. The number of amides is 1. The highest BCUT2D eigenvalue weighted by Crippen LogP contribution is 2.32. The summed E-state index contributed by atoms with van der Waals surface area (Å²) in [6, 6.07) is 6.18. The average molecular weight is 370 g/mol. The molecule has 2 fully saturated rings. The SMILES string of the molecule is CCN1CC[C@]2(CCC1=O)CN(Cc1c(C)nc3ccccn13)CCN2C. The Bertz CT molecular complexity index is 831. The molecule has 0 radical (unpaired) electrons. The number of rotatable bonds is 3. The van der Waals surface area contributed by atoms with E-state index in [9.17, 15) is 4.79 Å². The molecule has 2 aromatic rings. The summed E-state index contributed by atoms with van der Waals surface area (Å²) >= 11 is 0. The first-order valence-electron chi connectivity index (χ1n) is 10.2. The summed E-state index contributed by atoms with van der Waals surface area (Å²) in [5.74, 6) is 0.317. The summed E-state index contributed by atoms with van der Waals surface area (Å²) in [4.78, 5) is 24.2. The summed E-state index contributed by atoms with van der Waals surface area (Å²) < 4.78 is 2.22. The Hall–Kier alpha value is -1.92. The van der Waals surface area contributed by atoms with E-state index in [-0.39, 0.29) is 5.54 Å². The topological polar surface area (TPSA) is 44.1 Å². The smallest absolute Gasteiger partial charge is 0.222 e. The Morgan fingerprint density at radius 2 is 2.04 bits per heavy atom. The molecule has 4 heterocycles. The van der Waals surface area contributed by atoms with Gasteiger partial charge >= 0.3 is 0 Å². The van der Waals surface area contributed by atoms with Gasteiger partial charge in [-0.3, -0.25) is 14.6 Å². The molecule has 2 aliphatic rings. The first-order chi connectivity index (χ1) is 13.0. The van der Waals surface area contributed by atoms with Crippen LogP contribution in [-0.4, -0.2) is 75.3 Å². The van der Waals surface area contributed by atoms with Gasteiger partial charge in [-0.1, -0.05) is 6.07 Å². The molecule has 0 saturated carbocycles. The number of carbonyl (C=O) groups excluding carboxylic acids is 1. The van der Waals surface area contributed by atoms with Crippen molar-refractivity contribution in [2.75, 3.05) is 39.8 Å². The Balaban J connectivity index is 1.55. The Labute approximate surface area is 161 Å². The van der Waals surface area contributed by atoms with Crippen LogP contribution in [-0.2, 0) is 11.3 Å². The number of likely N-dealkylation sites (N-methyl/N-ethyl adjacent to an activating group) is 1. The quantitative estimate of drug-likeness (QED) is 0.832. The Morgan fingerprint density at radius 1 is 1.19 bits per heavy atom. The van der Waals surface area contributed by atoms with Crippen molar-refractivity contribution in [3.63, 3.8) is 0 Å². The lowest BCUT2D eigenvalue weighted by Gasteiger charge is -2.49. The van der Waals surface area contributed by atoms with Crippen molar-refractivity contribution in [2.45, 2.75) is 45.2 Å². The van der Waals surface area contributed by atoms with Crippen LogP contribution in [0.3, 0.4) is 0 Å². The van der Waals surface area contributed by atoms with E-state index in [1.54, 1.807) is 0 Å². The van der Waals surface area contributed by atoms with Crippen LogP contribution in [0.5, 0.6) is 0 Å². The fraction of sp³-hybridized carbons (Fsp3) is 0.619. The van der Waals surface area contributed by atoms with Crippen molar-refractivity contribution in [2.24, 2.45) is 0 Å². The molecular weight excluding hydrogens is 338 g/mol. The molecular formula is C21H31N5O. The molecule has 0 N–H and O–H groups in total. The highest BCUT2D eigenvalue weighted by molar-refractivity contribution is 5.76. The number of aromatic nitrogens is 2. The minimum Gasteiger partial charge on any atom is -0.343 e. The fourth-order valence-corrected chi connectivity index (χ4v) is 4.81. The largest absolute Gasteiger partial charge is 0.343 e. The molecule has 0 unspecified atom stereocenters. The zero-order valence-electron chi connectivity index (χ0n) is 16.8. The Kier molecular flexibility index (Phi) is 4.95. The summed E-state index contributed by atoms with van der Waals surface area (Å²) in [5.41, 5.74) is 3.52. The van der Waals surface area contributed by atoms with Gasteiger partial charge in [0.15, 0.2) is 0 Å². The van der Waals surface area contributed by atoms with Crippen LogP contribution >= 0.6 is 0 Å². The van der Waals surface area contributed by atoms with Gasteiger partial charge in [-0.25, -0.2) is 4.98 Å². The minimum absolute atomic E-state index is 0.103. The van der Waals surface area contributed by atoms with E-state index in [1.165, 1.54) is 5.69 Å². The van der Waals surface area contributed by atoms with Gasteiger partial charge in [0, 0.05) is 57.4 Å². The van der Waals surface area contributed by atoms with Crippen molar-refractivity contribution >= 4 is 11.6 Å². The molecule has 1 atom stereocenters. The summed E-state index contributed by atoms with van der Waals surface area (Å²) in [6.45, 7) is 9.94. The van der Waals surface area contributed by atoms with Gasteiger partial charge in [0.1, 0.15) is 5.65 Å². The maximum absolute atomic E-state index is 12.4. The van der Waals surface area contributed by atoms with Crippen molar-refractivity contribution in [1.82, 2.24) is 24.1 Å². The zero-order chi connectivity index (χ0) is 19.0. The zero-order valence-corrected chi connectivity index (χ0v) is 16.8. The molecule has 1 amide bonds. The van der Waals surface area contributed by atoms with E-state index in [4.69, 9.17) is 4.98 Å². The van der Waals surface area contributed by atoms with Gasteiger partial charge in [0.25, 0.3) is 0 Å². The van der Waals surface area contributed by atoms with E-state index < -0.39 is 0 Å². The molecule has 6 heteroatoms. The number of imidazole rings is 1. The molecule has 27 heavy (non-hydrogen) atoms. The number of hydrogen-bond acceptors (Lipinski definition) is 4. The van der Waals surface area contributed by atoms with Crippen LogP contribution in [0.25, 0.3) is 5.65 Å². The van der Waals surface area contributed by atoms with E-state index in [1.807, 2.05) is 11.0 Å². The summed E-state index contributed by atoms with van der Waals surface area (Å²) in [7, 11) is 2.24. The number of aryl methyl sites for hydroxylation is 1. The summed E-state index contributed by atoms with van der Waals surface area (Å²) in [6.07, 6.45) is 4.80. The van der Waals surface area contributed by atoms with Gasteiger partial charge in [-0.15, -0.1) is 0 Å². The first kappa shape index (κ1) is 18.4. The van der Waals surface area contributed by atoms with E-state index in [0.29, 0.717) is 12.3 Å². The van der Waals surface area contributed by atoms with Gasteiger partial charge in [0.05, 0.1) is 11.4 Å². The van der Waals surface area contributed by atoms with Gasteiger partial charge in [-0.2, -0.15) is 0 Å². The second-order valence-corrected chi connectivity index (χ2v) is 8.15. The third-order valence-corrected chi connectivity index (χ3v) is 6.67. The third-order valence-electron chi connectivity index (χ3n) is 6.67. The second kappa shape index (κ2) is 7.24. The highest BCUT2D eigenvalue weighted by Gasteiger charge is 2.42. The number of fused-ring (bicyclic) bond motifs is 1. The number of likely N-dealkylation sites (tertiary alicyclic amines) is 1. The van der Waals surface area contributed by atoms with Crippen LogP contribution in [0.4, 0.5) is 0 Å². The molecule has 1 spiro atoms. The maximum Gasteiger partial charge on any atom is 0.222 e. The highest BCUT2D eigenvalue weighted by atomic mass is 16.2. The van der Waals surface area contributed by atoms with Crippen molar-refractivity contribution < 1.29 is 4.79 Å². The molecule has 2 saturated heterocycles. The molecule has 6 nitrogen and oxygen atoms in total. The molecule has 0 aromatic carbocycles. The van der Waals surface area contributed by atoms with Crippen LogP contribution in [0.15, 0.2) is 24.4 Å². The normalized spacial score (nSPS) is 25.4. The number of nitrogens with zero attached hydrogens (tertiary/aromatic N) is 5. The molecule has 0 aliphatic carbocycles. The third kappa shape index (κ3) is 3.36. The van der Waals surface area contributed by atoms with Crippen molar-refractivity contribution in [1.29, 1.82) is 0 Å². The molecule has 2 aliphatic heterocycles. The molecule has 146 valence electrons. The standard InChI is InChI=1S/C21H31N5O/c1-4-25-12-10-21(9-8-20(25)27)16-24(14-13-23(21)3)15-18-17(2)22-19-7-5-6-11-26(18)19/h5-7,11H,4,8-10,12-16H2,1-3H3/t21-/m1/s1. The predicted molar refractivity (Wildman–Crippen MR) is 107 cm³/mol. The fourth-order valence-electron chi connectivity index (χ4n) is 4.81. The van der Waals surface area contributed by atoms with Gasteiger partial charge < -0.3 is 9.30 Å². The molecule has 4 rings (SSSR count). The van der Waals surface area contributed by atoms with E-state index in [0.717, 1.165) is 63.5 Å². The lowest BCUT2D eigenvalue weighted by molar-refractivity contribution is -0.130. The van der Waals surface area contributed by atoms with E-state index >= 15 is 0 Å². The van der Waals surface area contributed by atoms with Gasteiger partial charge in [-0.05, 0) is 45.9 Å². The molecule has 0 bridgehead atoms.